The first-order valence-electron chi connectivity index (χ1n) is 6.52. The third kappa shape index (κ3) is 3.47. The van der Waals surface area contributed by atoms with Crippen molar-refractivity contribution in [2.24, 2.45) is 11.7 Å². The number of likely N-dealkylation sites (tertiary alicyclic amines) is 1. The largest absolute Gasteiger partial charge is 0.366 e. The molecule has 0 unspecified atom stereocenters. The van der Waals surface area contributed by atoms with Gasteiger partial charge in [-0.1, -0.05) is 6.92 Å². The Bertz CT molecular complexity index is 470. The van der Waals surface area contributed by atoms with Gasteiger partial charge in [-0.2, -0.15) is 0 Å². The molecule has 0 aromatic heterocycles. The normalized spacial score (nSPS) is 19.0. The maximum absolute atomic E-state index is 12.1. The van der Waals surface area contributed by atoms with Gasteiger partial charge in [-0.15, -0.1) is 0 Å². The first-order valence-corrected chi connectivity index (χ1v) is 6.52. The number of carbonyl (C=O) groups is 2. The zero-order chi connectivity index (χ0) is 13.8. The average Bonchev–Trinajstić information content (AvgIpc) is 2.39. The van der Waals surface area contributed by atoms with Gasteiger partial charge in [-0.3, -0.25) is 4.79 Å². The molecule has 0 radical (unpaired) electrons. The second-order valence-electron chi connectivity index (χ2n) is 5.07. The van der Waals surface area contributed by atoms with E-state index in [-0.39, 0.29) is 6.03 Å². The summed E-state index contributed by atoms with van der Waals surface area (Å²) >= 11 is 0. The molecule has 1 fully saturated rings. The number of anilines is 1. The number of piperidine rings is 1. The van der Waals surface area contributed by atoms with Gasteiger partial charge in [0.15, 0.2) is 0 Å². The molecule has 5 nitrogen and oxygen atoms in total. The van der Waals surface area contributed by atoms with Crippen molar-refractivity contribution in [3.05, 3.63) is 29.8 Å². The van der Waals surface area contributed by atoms with Crippen molar-refractivity contribution >= 4 is 17.6 Å². The molecule has 0 spiro atoms. The number of nitrogens with one attached hydrogen (secondary N) is 1. The van der Waals surface area contributed by atoms with Gasteiger partial charge in [-0.05, 0) is 43.0 Å². The van der Waals surface area contributed by atoms with Crippen LogP contribution >= 0.6 is 0 Å². The lowest BCUT2D eigenvalue weighted by atomic mass is 10.0. The topological polar surface area (TPSA) is 75.4 Å². The van der Waals surface area contributed by atoms with Gasteiger partial charge in [0.1, 0.15) is 0 Å². The number of hydrogen-bond acceptors (Lipinski definition) is 2. The van der Waals surface area contributed by atoms with E-state index in [1.807, 2.05) is 4.90 Å². The van der Waals surface area contributed by atoms with Crippen molar-refractivity contribution in [2.75, 3.05) is 18.4 Å². The fourth-order valence-corrected chi connectivity index (χ4v) is 2.29. The Balaban J connectivity index is 1.96. The van der Waals surface area contributed by atoms with Crippen molar-refractivity contribution < 1.29 is 9.59 Å². The van der Waals surface area contributed by atoms with E-state index in [1.54, 1.807) is 24.3 Å². The second-order valence-corrected chi connectivity index (χ2v) is 5.07. The summed E-state index contributed by atoms with van der Waals surface area (Å²) in [4.78, 5) is 24.8. The minimum absolute atomic E-state index is 0.0848. The Kier molecular flexibility index (Phi) is 4.04. The van der Waals surface area contributed by atoms with Crippen LogP contribution in [-0.4, -0.2) is 29.9 Å². The smallest absolute Gasteiger partial charge is 0.321 e. The van der Waals surface area contributed by atoms with Gasteiger partial charge in [0.2, 0.25) is 5.91 Å². The Morgan fingerprint density at radius 2 is 2.00 bits per heavy atom. The van der Waals surface area contributed by atoms with Gasteiger partial charge in [0, 0.05) is 24.3 Å². The van der Waals surface area contributed by atoms with Gasteiger partial charge in [-0.25, -0.2) is 4.79 Å². The molecule has 1 saturated heterocycles. The zero-order valence-corrected chi connectivity index (χ0v) is 11.1. The van der Waals surface area contributed by atoms with Crippen LogP contribution in [0, 0.1) is 5.92 Å². The molecule has 3 N–H and O–H groups in total. The summed E-state index contributed by atoms with van der Waals surface area (Å²) in [6.45, 7) is 3.75. The molecular formula is C14H19N3O2. The number of nitrogens with two attached hydrogens (primary N) is 1. The number of primary amides is 1. The predicted molar refractivity (Wildman–Crippen MR) is 73.9 cm³/mol. The molecule has 1 aromatic rings. The van der Waals surface area contributed by atoms with Gasteiger partial charge in [0.05, 0.1) is 0 Å². The first-order chi connectivity index (χ1) is 9.06. The van der Waals surface area contributed by atoms with Crippen molar-refractivity contribution in [1.82, 2.24) is 4.90 Å². The molecule has 102 valence electrons. The summed E-state index contributed by atoms with van der Waals surface area (Å²) in [6.07, 6.45) is 2.23. The van der Waals surface area contributed by atoms with E-state index in [0.717, 1.165) is 19.5 Å². The van der Waals surface area contributed by atoms with Crippen LogP contribution in [0.2, 0.25) is 0 Å². The highest BCUT2D eigenvalue weighted by Gasteiger charge is 2.20. The van der Waals surface area contributed by atoms with Crippen LogP contribution in [0.15, 0.2) is 24.3 Å². The quantitative estimate of drug-likeness (QED) is 0.855. The van der Waals surface area contributed by atoms with E-state index in [9.17, 15) is 9.59 Å². The fourth-order valence-electron chi connectivity index (χ4n) is 2.29. The van der Waals surface area contributed by atoms with Crippen molar-refractivity contribution in [3.8, 4) is 0 Å². The summed E-state index contributed by atoms with van der Waals surface area (Å²) < 4.78 is 0. The van der Waals surface area contributed by atoms with Crippen molar-refractivity contribution in [1.29, 1.82) is 0 Å². The standard InChI is InChI=1S/C14H19N3O2/c1-10-3-2-8-17(9-10)14(19)16-12-6-4-11(5-7-12)13(15)18/h4-7,10H,2-3,8-9H2,1H3,(H2,15,18)(H,16,19)/t10-/m1/s1. The highest BCUT2D eigenvalue weighted by atomic mass is 16.2. The van der Waals surface area contributed by atoms with Crippen LogP contribution < -0.4 is 11.1 Å². The van der Waals surface area contributed by atoms with Crippen LogP contribution in [0.25, 0.3) is 0 Å². The van der Waals surface area contributed by atoms with E-state index in [1.165, 1.54) is 6.42 Å². The molecule has 2 rings (SSSR count). The monoisotopic (exact) mass is 261 g/mol. The minimum atomic E-state index is -0.470. The maximum Gasteiger partial charge on any atom is 0.321 e. The lowest BCUT2D eigenvalue weighted by Gasteiger charge is -2.30. The summed E-state index contributed by atoms with van der Waals surface area (Å²) in [5.74, 6) is 0.0828. The molecule has 5 heteroatoms. The summed E-state index contributed by atoms with van der Waals surface area (Å²) in [7, 11) is 0. The lowest BCUT2D eigenvalue weighted by molar-refractivity contribution is 0.100. The number of nitrogens with zero attached hydrogens (tertiary/aromatic N) is 1. The van der Waals surface area contributed by atoms with Gasteiger partial charge < -0.3 is 16.0 Å². The third-order valence-corrected chi connectivity index (χ3v) is 3.36. The van der Waals surface area contributed by atoms with Crippen molar-refractivity contribution in [2.45, 2.75) is 19.8 Å². The Hall–Kier alpha value is -2.04. The molecule has 19 heavy (non-hydrogen) atoms. The number of carbonyl (C=O) groups excluding carboxylic acids is 2. The predicted octanol–water partition coefficient (Wildman–Crippen LogP) is 2.05. The zero-order valence-electron chi connectivity index (χ0n) is 11.1. The van der Waals surface area contributed by atoms with Gasteiger partial charge >= 0.3 is 6.03 Å². The highest BCUT2D eigenvalue weighted by molar-refractivity contribution is 5.94. The molecule has 0 aliphatic carbocycles. The Labute approximate surface area is 112 Å². The van der Waals surface area contributed by atoms with Crippen LogP contribution in [-0.2, 0) is 0 Å². The van der Waals surface area contributed by atoms with E-state index >= 15 is 0 Å². The summed E-state index contributed by atoms with van der Waals surface area (Å²) in [5.41, 5.74) is 6.27. The molecule has 1 aliphatic rings. The number of benzene rings is 1. The van der Waals surface area contributed by atoms with Crippen LogP contribution in [0.5, 0.6) is 0 Å². The van der Waals surface area contributed by atoms with Crippen LogP contribution in [0.1, 0.15) is 30.1 Å². The van der Waals surface area contributed by atoms with E-state index in [4.69, 9.17) is 5.73 Å². The van der Waals surface area contributed by atoms with Crippen molar-refractivity contribution in [3.63, 3.8) is 0 Å². The molecule has 1 aliphatic heterocycles. The number of amides is 3. The molecular weight excluding hydrogens is 242 g/mol. The SMILES string of the molecule is C[C@@H]1CCCN(C(=O)Nc2ccc(C(N)=O)cc2)C1. The average molecular weight is 261 g/mol. The van der Waals surface area contributed by atoms with Crippen LogP contribution in [0.3, 0.4) is 0 Å². The lowest BCUT2D eigenvalue weighted by Crippen LogP contribution is -2.41. The van der Waals surface area contributed by atoms with E-state index in [0.29, 0.717) is 17.2 Å². The van der Waals surface area contributed by atoms with Crippen LogP contribution in [0.4, 0.5) is 10.5 Å². The minimum Gasteiger partial charge on any atom is -0.366 e. The Morgan fingerprint density at radius 3 is 2.58 bits per heavy atom. The third-order valence-electron chi connectivity index (χ3n) is 3.36. The first kappa shape index (κ1) is 13.4. The highest BCUT2D eigenvalue weighted by Crippen LogP contribution is 2.17. The molecule has 1 heterocycles. The summed E-state index contributed by atoms with van der Waals surface area (Å²) in [5, 5.41) is 2.83. The maximum atomic E-state index is 12.1. The number of urea groups is 1. The van der Waals surface area contributed by atoms with E-state index in [2.05, 4.69) is 12.2 Å². The molecule has 0 bridgehead atoms. The summed E-state index contributed by atoms with van der Waals surface area (Å²) in [6, 6.07) is 6.50. The van der Waals surface area contributed by atoms with Gasteiger partial charge in [0.25, 0.3) is 0 Å². The number of rotatable bonds is 2. The van der Waals surface area contributed by atoms with E-state index < -0.39 is 5.91 Å². The molecule has 3 amide bonds. The molecule has 1 aromatic carbocycles. The Morgan fingerprint density at radius 1 is 1.32 bits per heavy atom. The molecule has 0 saturated carbocycles. The number of hydrogen-bond donors (Lipinski definition) is 2. The fraction of sp³-hybridized carbons (Fsp3) is 0.429. The second kappa shape index (κ2) is 5.73. The molecule has 1 atom stereocenters.